The predicted molar refractivity (Wildman–Crippen MR) is 116 cm³/mol. The normalized spacial score (nSPS) is 16.5. The van der Waals surface area contributed by atoms with Gasteiger partial charge in [0, 0.05) is 45.1 Å². The van der Waals surface area contributed by atoms with Crippen LogP contribution in [0.3, 0.4) is 0 Å². The summed E-state index contributed by atoms with van der Waals surface area (Å²) in [4.78, 5) is 18.4. The molecule has 3 rings (SSSR count). The molecule has 0 aliphatic carbocycles. The van der Waals surface area contributed by atoms with Crippen LogP contribution in [0.1, 0.15) is 12.0 Å². The number of nitrogens with zero attached hydrogens (tertiary/aromatic N) is 2. The van der Waals surface area contributed by atoms with E-state index in [0.29, 0.717) is 25.5 Å². The van der Waals surface area contributed by atoms with Crippen molar-refractivity contribution in [2.45, 2.75) is 12.8 Å². The molecule has 0 bridgehead atoms. The predicted octanol–water partition coefficient (Wildman–Crippen LogP) is 2.60. The van der Waals surface area contributed by atoms with E-state index in [9.17, 15) is 13.6 Å². The molecule has 0 spiro atoms. The first-order valence-electron chi connectivity index (χ1n) is 10.4. The summed E-state index contributed by atoms with van der Waals surface area (Å²) in [6.07, 6.45) is 1.38. The molecular weight excluding hydrogens is 402 g/mol. The maximum atomic E-state index is 13.2. The summed E-state index contributed by atoms with van der Waals surface area (Å²) in [6, 6.07) is 13.6. The summed E-state index contributed by atoms with van der Waals surface area (Å²) >= 11 is 0. The van der Waals surface area contributed by atoms with Gasteiger partial charge in [0.1, 0.15) is 12.4 Å². The number of aliphatic imine (C=N–C) groups is 1. The number of carbonyl (C=O) groups excluding carboxylic acids is 1. The standard InChI is InChI=1S/C23H28F2N4O2/c1-26-23(27-10-12-31-19-7-8-20(24)21(25)14-19)28-15-18-13-22(30)29(16-18)11-9-17-5-3-2-4-6-17/h2-8,14,18H,9-13,15-16H2,1H3,(H2,26,27,28). The van der Waals surface area contributed by atoms with Gasteiger partial charge < -0.3 is 20.3 Å². The molecule has 1 amide bonds. The third-order valence-corrected chi connectivity index (χ3v) is 5.14. The van der Waals surface area contributed by atoms with E-state index in [-0.39, 0.29) is 24.2 Å². The largest absolute Gasteiger partial charge is 0.492 e. The molecule has 6 nitrogen and oxygen atoms in total. The zero-order chi connectivity index (χ0) is 22.1. The fraction of sp³-hybridized carbons (Fsp3) is 0.391. The van der Waals surface area contributed by atoms with Crippen molar-refractivity contribution in [1.29, 1.82) is 0 Å². The minimum Gasteiger partial charge on any atom is -0.492 e. The van der Waals surface area contributed by atoms with Crippen LogP contribution < -0.4 is 15.4 Å². The molecular formula is C23H28F2N4O2. The third kappa shape index (κ3) is 6.94. The molecule has 1 heterocycles. The lowest BCUT2D eigenvalue weighted by Gasteiger charge is -2.18. The molecule has 1 unspecified atom stereocenters. The molecule has 2 aromatic rings. The Morgan fingerprint density at radius 3 is 2.71 bits per heavy atom. The smallest absolute Gasteiger partial charge is 0.223 e. The first-order valence-corrected chi connectivity index (χ1v) is 10.4. The number of likely N-dealkylation sites (tertiary alicyclic amines) is 1. The van der Waals surface area contributed by atoms with Gasteiger partial charge in [0.2, 0.25) is 5.91 Å². The van der Waals surface area contributed by atoms with Crippen molar-refractivity contribution in [2.24, 2.45) is 10.9 Å². The van der Waals surface area contributed by atoms with Crippen molar-refractivity contribution >= 4 is 11.9 Å². The molecule has 2 aromatic carbocycles. The van der Waals surface area contributed by atoms with Crippen molar-refractivity contribution in [1.82, 2.24) is 15.5 Å². The Labute approximate surface area is 181 Å². The molecule has 0 saturated carbocycles. The van der Waals surface area contributed by atoms with E-state index in [1.807, 2.05) is 23.1 Å². The zero-order valence-corrected chi connectivity index (χ0v) is 17.6. The average molecular weight is 430 g/mol. The number of benzene rings is 2. The molecule has 1 fully saturated rings. The lowest BCUT2D eigenvalue weighted by atomic mass is 10.1. The number of carbonyl (C=O) groups is 1. The molecule has 8 heteroatoms. The maximum absolute atomic E-state index is 13.2. The van der Waals surface area contributed by atoms with Crippen LogP contribution in [0.2, 0.25) is 0 Å². The molecule has 1 aliphatic rings. The highest BCUT2D eigenvalue weighted by atomic mass is 19.2. The van der Waals surface area contributed by atoms with Gasteiger partial charge >= 0.3 is 0 Å². The highest BCUT2D eigenvalue weighted by Gasteiger charge is 2.29. The highest BCUT2D eigenvalue weighted by molar-refractivity contribution is 5.80. The van der Waals surface area contributed by atoms with Crippen LogP contribution in [0.4, 0.5) is 8.78 Å². The van der Waals surface area contributed by atoms with Gasteiger partial charge in [0.05, 0.1) is 6.54 Å². The van der Waals surface area contributed by atoms with Gasteiger partial charge in [0.25, 0.3) is 0 Å². The van der Waals surface area contributed by atoms with Crippen LogP contribution >= 0.6 is 0 Å². The highest BCUT2D eigenvalue weighted by Crippen LogP contribution is 2.18. The number of amides is 1. The van der Waals surface area contributed by atoms with Crippen molar-refractivity contribution in [3.05, 3.63) is 65.7 Å². The Morgan fingerprint density at radius 1 is 1.16 bits per heavy atom. The van der Waals surface area contributed by atoms with Crippen LogP contribution in [0.5, 0.6) is 5.75 Å². The second kappa shape index (κ2) is 11.3. The molecule has 1 saturated heterocycles. The summed E-state index contributed by atoms with van der Waals surface area (Å²) in [6.45, 7) is 2.80. The monoisotopic (exact) mass is 430 g/mol. The lowest BCUT2D eigenvalue weighted by molar-refractivity contribution is -0.127. The van der Waals surface area contributed by atoms with Crippen molar-refractivity contribution < 1.29 is 18.3 Å². The average Bonchev–Trinajstić information content (AvgIpc) is 3.14. The van der Waals surface area contributed by atoms with E-state index in [2.05, 4.69) is 27.8 Å². The Morgan fingerprint density at radius 2 is 1.97 bits per heavy atom. The van der Waals surface area contributed by atoms with E-state index in [1.54, 1.807) is 7.05 Å². The Hall–Kier alpha value is -3.16. The number of guanidine groups is 1. The van der Waals surface area contributed by atoms with Crippen LogP contribution in [-0.2, 0) is 11.2 Å². The van der Waals surface area contributed by atoms with E-state index >= 15 is 0 Å². The first kappa shape index (κ1) is 22.5. The quantitative estimate of drug-likeness (QED) is 0.365. The lowest BCUT2D eigenvalue weighted by Crippen LogP contribution is -2.41. The van der Waals surface area contributed by atoms with Gasteiger partial charge in [-0.1, -0.05) is 30.3 Å². The van der Waals surface area contributed by atoms with Crippen molar-refractivity contribution in [3.8, 4) is 5.75 Å². The van der Waals surface area contributed by atoms with E-state index in [4.69, 9.17) is 4.74 Å². The minimum absolute atomic E-state index is 0.186. The maximum Gasteiger partial charge on any atom is 0.223 e. The van der Waals surface area contributed by atoms with E-state index in [1.165, 1.54) is 11.6 Å². The van der Waals surface area contributed by atoms with Crippen LogP contribution in [0.15, 0.2) is 53.5 Å². The molecule has 1 atom stereocenters. The van der Waals surface area contributed by atoms with Crippen LogP contribution in [0, 0.1) is 17.6 Å². The van der Waals surface area contributed by atoms with Gasteiger partial charge in [-0.2, -0.15) is 0 Å². The molecule has 31 heavy (non-hydrogen) atoms. The minimum atomic E-state index is -0.938. The molecule has 0 aromatic heterocycles. The number of hydrogen-bond donors (Lipinski definition) is 2. The van der Waals surface area contributed by atoms with Gasteiger partial charge in [0.15, 0.2) is 17.6 Å². The topological polar surface area (TPSA) is 66.0 Å². The SMILES string of the molecule is CN=C(NCCOc1ccc(F)c(F)c1)NCC1CC(=O)N(CCc2ccccc2)C1. The number of ether oxygens (including phenoxy) is 1. The molecule has 1 aliphatic heterocycles. The van der Waals surface area contributed by atoms with Crippen molar-refractivity contribution in [2.75, 3.05) is 39.8 Å². The summed E-state index contributed by atoms with van der Waals surface area (Å²) in [5.74, 6) is -0.565. The first-order chi connectivity index (χ1) is 15.0. The number of halogens is 2. The Balaban J connectivity index is 1.34. The van der Waals surface area contributed by atoms with Gasteiger partial charge in [-0.3, -0.25) is 9.79 Å². The summed E-state index contributed by atoms with van der Waals surface area (Å²) in [5.41, 5.74) is 1.23. The van der Waals surface area contributed by atoms with Gasteiger partial charge in [-0.25, -0.2) is 8.78 Å². The second-order valence-electron chi connectivity index (χ2n) is 7.45. The van der Waals surface area contributed by atoms with Crippen LogP contribution in [0.25, 0.3) is 0 Å². The van der Waals surface area contributed by atoms with Gasteiger partial charge in [-0.15, -0.1) is 0 Å². The second-order valence-corrected chi connectivity index (χ2v) is 7.45. The fourth-order valence-electron chi connectivity index (χ4n) is 3.48. The van der Waals surface area contributed by atoms with E-state index < -0.39 is 11.6 Å². The molecule has 2 N–H and O–H groups in total. The molecule has 0 radical (unpaired) electrons. The van der Waals surface area contributed by atoms with Crippen LogP contribution in [-0.4, -0.2) is 56.6 Å². The Bertz CT molecular complexity index is 892. The number of hydrogen-bond acceptors (Lipinski definition) is 3. The van der Waals surface area contributed by atoms with Crippen molar-refractivity contribution in [3.63, 3.8) is 0 Å². The zero-order valence-electron chi connectivity index (χ0n) is 17.6. The number of rotatable bonds is 9. The van der Waals surface area contributed by atoms with Gasteiger partial charge in [-0.05, 0) is 24.1 Å². The summed E-state index contributed by atoms with van der Waals surface area (Å²) < 4.78 is 31.5. The van der Waals surface area contributed by atoms with E-state index in [0.717, 1.165) is 31.6 Å². The fourth-order valence-corrected chi connectivity index (χ4v) is 3.48. The Kier molecular flexibility index (Phi) is 8.20. The third-order valence-electron chi connectivity index (χ3n) is 5.14. The summed E-state index contributed by atoms with van der Waals surface area (Å²) in [7, 11) is 1.66. The molecule has 166 valence electrons. The summed E-state index contributed by atoms with van der Waals surface area (Å²) in [5, 5.41) is 6.34. The number of nitrogens with one attached hydrogen (secondary N) is 2.